The molecule has 0 amide bonds. The summed E-state index contributed by atoms with van der Waals surface area (Å²) in [5, 5.41) is 6.90. The van der Waals surface area contributed by atoms with E-state index in [0.29, 0.717) is 6.42 Å². The van der Waals surface area contributed by atoms with Crippen LogP contribution < -0.4 is 5.73 Å². The fourth-order valence-corrected chi connectivity index (χ4v) is 1.67. The predicted molar refractivity (Wildman–Crippen MR) is 62.1 cm³/mol. The molecule has 1 aromatic rings. The maximum atomic E-state index is 13.0. The van der Waals surface area contributed by atoms with Crippen molar-refractivity contribution in [3.8, 4) is 0 Å². The monoisotopic (exact) mass is 282 g/mol. The summed E-state index contributed by atoms with van der Waals surface area (Å²) >= 11 is 4.55. The summed E-state index contributed by atoms with van der Waals surface area (Å²) in [4.78, 5) is -0.430. The highest BCUT2D eigenvalue weighted by molar-refractivity contribution is 7.80. The number of aromatic nitrogens is 3. The summed E-state index contributed by atoms with van der Waals surface area (Å²) in [5.41, 5.74) is 3.69. The van der Waals surface area contributed by atoms with Gasteiger partial charge in [-0.25, -0.2) is 4.68 Å². The smallest absolute Gasteiger partial charge is 0.388 e. The van der Waals surface area contributed by atoms with E-state index in [9.17, 15) is 13.2 Å². The Morgan fingerprint density at radius 3 is 2.56 bits per heavy atom. The molecule has 0 fully saturated rings. The van der Waals surface area contributed by atoms with Gasteiger partial charge >= 0.3 is 6.18 Å². The Labute approximate surface area is 107 Å². The van der Waals surface area contributed by atoms with E-state index in [1.54, 1.807) is 6.92 Å². The van der Waals surface area contributed by atoms with Gasteiger partial charge in [0.1, 0.15) is 4.99 Å². The topological polar surface area (TPSA) is 66.0 Å². The first-order valence-electron chi connectivity index (χ1n) is 5.14. The minimum Gasteiger partial charge on any atom is -0.388 e. The van der Waals surface area contributed by atoms with Crippen molar-refractivity contribution in [2.45, 2.75) is 25.6 Å². The van der Waals surface area contributed by atoms with Crippen LogP contribution in [-0.2, 0) is 10.9 Å². The lowest BCUT2D eigenvalue weighted by atomic mass is 10.2. The Morgan fingerprint density at radius 2 is 2.17 bits per heavy atom. The molecular weight excluding hydrogens is 269 g/mol. The van der Waals surface area contributed by atoms with E-state index < -0.39 is 28.6 Å². The highest BCUT2D eigenvalue weighted by Crippen LogP contribution is 2.33. The average molecular weight is 282 g/mol. The van der Waals surface area contributed by atoms with Gasteiger partial charge in [0, 0.05) is 7.11 Å². The third-order valence-electron chi connectivity index (χ3n) is 2.37. The molecule has 1 rings (SSSR count). The summed E-state index contributed by atoms with van der Waals surface area (Å²) in [5.74, 6) is 0. The molecule has 18 heavy (non-hydrogen) atoms. The van der Waals surface area contributed by atoms with Gasteiger partial charge in [0.05, 0.1) is 12.6 Å². The highest BCUT2D eigenvalue weighted by atomic mass is 32.1. The quantitative estimate of drug-likeness (QED) is 0.830. The second-order valence-corrected chi connectivity index (χ2v) is 4.05. The molecule has 0 aliphatic carbocycles. The molecule has 2 N–H and O–H groups in total. The first-order valence-corrected chi connectivity index (χ1v) is 5.54. The molecule has 0 saturated heterocycles. The van der Waals surface area contributed by atoms with Crippen molar-refractivity contribution >= 4 is 17.2 Å². The van der Waals surface area contributed by atoms with Crippen molar-refractivity contribution in [2.24, 2.45) is 5.73 Å². The molecule has 0 aliphatic heterocycles. The van der Waals surface area contributed by atoms with Gasteiger partial charge in [-0.05, 0) is 6.42 Å². The van der Waals surface area contributed by atoms with Gasteiger partial charge in [0.15, 0.2) is 11.4 Å². The van der Waals surface area contributed by atoms with Crippen LogP contribution in [0, 0.1) is 0 Å². The van der Waals surface area contributed by atoms with Crippen LogP contribution in [0.4, 0.5) is 13.2 Å². The van der Waals surface area contributed by atoms with Crippen LogP contribution in [0.1, 0.15) is 30.8 Å². The Hall–Kier alpha value is -1.22. The van der Waals surface area contributed by atoms with Gasteiger partial charge in [-0.3, -0.25) is 0 Å². The molecule has 5 nitrogen and oxygen atoms in total. The maximum Gasteiger partial charge on any atom is 0.435 e. The molecule has 9 heteroatoms. The Balaban J connectivity index is 3.32. The summed E-state index contributed by atoms with van der Waals surface area (Å²) in [7, 11) is 1.40. The molecule has 0 saturated carbocycles. The average Bonchev–Trinajstić information content (AvgIpc) is 2.69. The van der Waals surface area contributed by atoms with Gasteiger partial charge in [0.25, 0.3) is 0 Å². The summed E-state index contributed by atoms with van der Waals surface area (Å²) in [6.07, 6.45) is -4.21. The van der Waals surface area contributed by atoms with E-state index in [1.165, 1.54) is 7.11 Å². The number of halogens is 3. The van der Waals surface area contributed by atoms with Crippen molar-refractivity contribution < 1.29 is 17.9 Å². The Morgan fingerprint density at radius 1 is 1.56 bits per heavy atom. The molecule has 102 valence electrons. The SMILES string of the molecule is CCC(COC)n1nnc(C(N)=S)c1C(F)(F)F. The van der Waals surface area contributed by atoms with E-state index in [-0.39, 0.29) is 6.61 Å². The minimum absolute atomic E-state index is 0.0969. The van der Waals surface area contributed by atoms with Crippen LogP contribution in [0.25, 0.3) is 0 Å². The molecule has 0 aliphatic rings. The lowest BCUT2D eigenvalue weighted by molar-refractivity contribution is -0.145. The third kappa shape index (κ3) is 2.96. The van der Waals surface area contributed by atoms with E-state index in [0.717, 1.165) is 4.68 Å². The van der Waals surface area contributed by atoms with Crippen LogP contribution in [-0.4, -0.2) is 33.7 Å². The molecule has 1 unspecified atom stereocenters. The molecule has 0 bridgehead atoms. The number of hydrogen-bond donors (Lipinski definition) is 1. The normalized spacial score (nSPS) is 13.6. The van der Waals surface area contributed by atoms with Crippen molar-refractivity contribution in [3.05, 3.63) is 11.4 Å². The number of ether oxygens (including phenoxy) is 1. The van der Waals surface area contributed by atoms with Gasteiger partial charge in [0.2, 0.25) is 0 Å². The van der Waals surface area contributed by atoms with Crippen molar-refractivity contribution in [3.63, 3.8) is 0 Å². The second-order valence-electron chi connectivity index (χ2n) is 3.61. The molecule has 0 spiro atoms. The number of alkyl halides is 3. The predicted octanol–water partition coefficient (Wildman–Crippen LogP) is 1.53. The van der Waals surface area contributed by atoms with E-state index in [2.05, 4.69) is 22.5 Å². The van der Waals surface area contributed by atoms with E-state index >= 15 is 0 Å². The first-order chi connectivity index (χ1) is 8.32. The maximum absolute atomic E-state index is 13.0. The molecule has 1 heterocycles. The standard InChI is InChI=1S/C9H13F3N4OS/c1-3-5(4-17-2)16-7(9(10,11)12)6(8(13)18)14-15-16/h5H,3-4H2,1-2H3,(H2,13,18). The largest absolute Gasteiger partial charge is 0.435 e. The zero-order chi connectivity index (χ0) is 13.9. The number of thiocarbonyl (C=S) groups is 1. The minimum atomic E-state index is -4.62. The van der Waals surface area contributed by atoms with E-state index in [4.69, 9.17) is 10.5 Å². The number of methoxy groups -OCH3 is 1. The van der Waals surface area contributed by atoms with Crippen molar-refractivity contribution in [2.75, 3.05) is 13.7 Å². The molecule has 1 aromatic heterocycles. The number of hydrogen-bond acceptors (Lipinski definition) is 4. The van der Waals surface area contributed by atoms with E-state index in [1.807, 2.05) is 0 Å². The Kier molecular flexibility index (Phi) is 4.63. The fourth-order valence-electron chi connectivity index (χ4n) is 1.53. The van der Waals surface area contributed by atoms with Crippen molar-refractivity contribution in [1.82, 2.24) is 15.0 Å². The number of nitrogens with two attached hydrogens (primary N) is 1. The first kappa shape index (κ1) is 14.8. The Bertz CT molecular complexity index is 432. The van der Waals surface area contributed by atoms with Crippen LogP contribution in [0.2, 0.25) is 0 Å². The summed E-state index contributed by atoms with van der Waals surface area (Å²) in [6, 6.07) is -0.567. The highest BCUT2D eigenvalue weighted by Gasteiger charge is 2.41. The second kappa shape index (κ2) is 5.61. The van der Waals surface area contributed by atoms with Crippen molar-refractivity contribution in [1.29, 1.82) is 0 Å². The zero-order valence-corrected chi connectivity index (χ0v) is 10.7. The van der Waals surface area contributed by atoms with Gasteiger partial charge in [-0.15, -0.1) is 5.10 Å². The van der Waals surface area contributed by atoms with Gasteiger partial charge < -0.3 is 10.5 Å². The lowest BCUT2D eigenvalue weighted by Crippen LogP contribution is -2.25. The molecule has 0 aromatic carbocycles. The molecule has 0 radical (unpaired) electrons. The van der Waals surface area contributed by atoms with Crippen LogP contribution in [0.3, 0.4) is 0 Å². The zero-order valence-electron chi connectivity index (χ0n) is 9.86. The van der Waals surface area contributed by atoms with Crippen LogP contribution in [0.5, 0.6) is 0 Å². The number of nitrogens with zero attached hydrogens (tertiary/aromatic N) is 3. The fraction of sp³-hybridized carbons (Fsp3) is 0.667. The summed E-state index contributed by atoms with van der Waals surface area (Å²) in [6.45, 7) is 1.83. The van der Waals surface area contributed by atoms with Crippen LogP contribution >= 0.6 is 12.2 Å². The van der Waals surface area contributed by atoms with Crippen LogP contribution in [0.15, 0.2) is 0 Å². The van der Waals surface area contributed by atoms with Gasteiger partial charge in [-0.2, -0.15) is 13.2 Å². The number of rotatable bonds is 5. The van der Waals surface area contributed by atoms with Gasteiger partial charge in [-0.1, -0.05) is 24.4 Å². The third-order valence-corrected chi connectivity index (χ3v) is 2.57. The lowest BCUT2D eigenvalue weighted by Gasteiger charge is -2.18. The molecule has 1 atom stereocenters. The molecular formula is C9H13F3N4OS. The summed E-state index contributed by atoms with van der Waals surface area (Å²) < 4.78 is 44.6.